The molecule has 1 aliphatic heterocycles. The molecule has 28 heavy (non-hydrogen) atoms. The van der Waals surface area contributed by atoms with Gasteiger partial charge in [-0.1, -0.05) is 34.1 Å². The summed E-state index contributed by atoms with van der Waals surface area (Å²) in [5.74, 6) is -1.03. The maximum atomic E-state index is 13.4. The zero-order valence-electron chi connectivity index (χ0n) is 16.0. The molecule has 0 fully saturated rings. The van der Waals surface area contributed by atoms with E-state index in [1.54, 1.807) is 29.2 Å². The van der Waals surface area contributed by atoms with Crippen LogP contribution in [0.4, 0.5) is 11.4 Å². The lowest BCUT2D eigenvalue weighted by Crippen LogP contribution is -2.55. The molecule has 0 saturated heterocycles. The molecule has 2 aromatic rings. The Labute approximate surface area is 172 Å². The van der Waals surface area contributed by atoms with Crippen LogP contribution in [-0.2, 0) is 19.9 Å². The summed E-state index contributed by atoms with van der Waals surface area (Å²) in [7, 11) is 0. The SMILES string of the molecule is CC(=O)N[C@@]1(CC(=O)Nc2ccc(Br)cc2)C(=O)N(C(C)C)c2ccccc21. The van der Waals surface area contributed by atoms with Crippen molar-refractivity contribution in [1.29, 1.82) is 0 Å². The van der Waals surface area contributed by atoms with Crippen LogP contribution in [0.1, 0.15) is 32.8 Å². The summed E-state index contributed by atoms with van der Waals surface area (Å²) < 4.78 is 0.896. The van der Waals surface area contributed by atoms with Gasteiger partial charge in [0.15, 0.2) is 5.54 Å². The van der Waals surface area contributed by atoms with Gasteiger partial charge in [0, 0.05) is 28.7 Å². The Morgan fingerprint density at radius 2 is 1.75 bits per heavy atom. The number of amides is 3. The number of halogens is 1. The van der Waals surface area contributed by atoms with Gasteiger partial charge >= 0.3 is 0 Å². The highest BCUT2D eigenvalue weighted by Gasteiger charge is 2.53. The molecule has 0 saturated carbocycles. The van der Waals surface area contributed by atoms with Crippen molar-refractivity contribution in [2.75, 3.05) is 10.2 Å². The molecule has 1 heterocycles. The first-order valence-electron chi connectivity index (χ1n) is 9.02. The summed E-state index contributed by atoms with van der Waals surface area (Å²) in [4.78, 5) is 39.9. The van der Waals surface area contributed by atoms with Crippen LogP contribution in [0.15, 0.2) is 53.0 Å². The smallest absolute Gasteiger partial charge is 0.258 e. The molecule has 1 aliphatic rings. The van der Waals surface area contributed by atoms with Gasteiger partial charge in [-0.15, -0.1) is 0 Å². The van der Waals surface area contributed by atoms with Crippen molar-refractivity contribution in [2.45, 2.75) is 38.8 Å². The number of nitrogens with zero attached hydrogens (tertiary/aromatic N) is 1. The lowest BCUT2D eigenvalue weighted by molar-refractivity contribution is -0.133. The third kappa shape index (κ3) is 3.67. The Morgan fingerprint density at radius 1 is 1.11 bits per heavy atom. The lowest BCUT2D eigenvalue weighted by atomic mass is 9.87. The second-order valence-corrected chi connectivity index (χ2v) is 8.02. The summed E-state index contributed by atoms with van der Waals surface area (Å²) >= 11 is 3.35. The minimum absolute atomic E-state index is 0.112. The van der Waals surface area contributed by atoms with E-state index in [-0.39, 0.29) is 30.2 Å². The van der Waals surface area contributed by atoms with Gasteiger partial charge in [-0.05, 0) is 44.2 Å². The number of rotatable bonds is 5. The quantitative estimate of drug-likeness (QED) is 0.741. The number of nitrogens with one attached hydrogen (secondary N) is 2. The number of benzene rings is 2. The molecule has 3 rings (SSSR count). The van der Waals surface area contributed by atoms with Gasteiger partial charge in [0.25, 0.3) is 5.91 Å². The van der Waals surface area contributed by atoms with Gasteiger partial charge < -0.3 is 15.5 Å². The Bertz CT molecular complexity index is 927. The zero-order chi connectivity index (χ0) is 20.5. The predicted octanol–water partition coefficient (Wildman–Crippen LogP) is 3.56. The molecule has 0 radical (unpaired) electrons. The van der Waals surface area contributed by atoms with Gasteiger partial charge in [0.1, 0.15) is 0 Å². The van der Waals surface area contributed by atoms with Crippen molar-refractivity contribution in [3.05, 3.63) is 58.6 Å². The summed E-state index contributed by atoms with van der Waals surface area (Å²) in [5.41, 5.74) is 0.541. The molecule has 3 amide bonds. The van der Waals surface area contributed by atoms with Crippen LogP contribution in [0.3, 0.4) is 0 Å². The summed E-state index contributed by atoms with van der Waals surface area (Å²) in [6.45, 7) is 5.16. The molecule has 0 bridgehead atoms. The van der Waals surface area contributed by atoms with Crippen molar-refractivity contribution in [2.24, 2.45) is 0 Å². The number of anilines is 2. The van der Waals surface area contributed by atoms with E-state index in [0.717, 1.165) is 4.47 Å². The van der Waals surface area contributed by atoms with Gasteiger partial charge in [0.05, 0.1) is 12.1 Å². The van der Waals surface area contributed by atoms with E-state index in [1.807, 2.05) is 38.1 Å². The third-order valence-electron chi connectivity index (χ3n) is 4.67. The minimum atomic E-state index is -1.42. The molecular formula is C21H22BrN3O3. The monoisotopic (exact) mass is 443 g/mol. The van der Waals surface area contributed by atoms with Crippen molar-refractivity contribution < 1.29 is 14.4 Å². The minimum Gasteiger partial charge on any atom is -0.338 e. The average molecular weight is 444 g/mol. The fraction of sp³-hybridized carbons (Fsp3) is 0.286. The summed E-state index contributed by atoms with van der Waals surface area (Å²) in [6.07, 6.45) is -0.193. The van der Waals surface area contributed by atoms with Crippen molar-refractivity contribution >= 4 is 45.0 Å². The first kappa shape index (κ1) is 20.1. The highest BCUT2D eigenvalue weighted by Crippen LogP contribution is 2.43. The Balaban J connectivity index is 1.99. The van der Waals surface area contributed by atoms with E-state index in [9.17, 15) is 14.4 Å². The molecule has 0 aromatic heterocycles. The standard InChI is InChI=1S/C21H22BrN3O3/c1-13(2)25-18-7-5-4-6-17(18)21(20(25)28,24-14(3)26)12-19(27)23-16-10-8-15(22)9-11-16/h4-11,13H,12H2,1-3H3,(H,23,27)(H,24,26)/t21-/m1/s1. The first-order valence-corrected chi connectivity index (χ1v) is 9.81. The normalized spacial score (nSPS) is 18.2. The van der Waals surface area contributed by atoms with Gasteiger partial charge in [-0.3, -0.25) is 14.4 Å². The summed E-state index contributed by atoms with van der Waals surface area (Å²) in [5, 5.41) is 5.58. The maximum Gasteiger partial charge on any atom is 0.258 e. The summed E-state index contributed by atoms with van der Waals surface area (Å²) in [6, 6.07) is 14.3. The number of hydrogen-bond acceptors (Lipinski definition) is 3. The molecule has 6 nitrogen and oxygen atoms in total. The van der Waals surface area contributed by atoms with Crippen LogP contribution in [-0.4, -0.2) is 23.8 Å². The fourth-order valence-corrected chi connectivity index (χ4v) is 3.87. The topological polar surface area (TPSA) is 78.5 Å². The van der Waals surface area contributed by atoms with Crippen LogP contribution in [0.5, 0.6) is 0 Å². The molecule has 2 N–H and O–H groups in total. The van der Waals surface area contributed by atoms with Crippen molar-refractivity contribution in [1.82, 2.24) is 5.32 Å². The van der Waals surface area contributed by atoms with Crippen molar-refractivity contribution in [3.63, 3.8) is 0 Å². The molecule has 0 unspecified atom stereocenters. The van der Waals surface area contributed by atoms with E-state index in [0.29, 0.717) is 16.9 Å². The van der Waals surface area contributed by atoms with Crippen LogP contribution in [0.2, 0.25) is 0 Å². The second kappa shape index (κ2) is 7.75. The molecule has 2 aromatic carbocycles. The molecule has 0 spiro atoms. The molecular weight excluding hydrogens is 422 g/mol. The van der Waals surface area contributed by atoms with Gasteiger partial charge in [0.2, 0.25) is 11.8 Å². The Hall–Kier alpha value is -2.67. The largest absolute Gasteiger partial charge is 0.338 e. The fourth-order valence-electron chi connectivity index (χ4n) is 3.60. The van der Waals surface area contributed by atoms with E-state index in [1.165, 1.54) is 6.92 Å². The molecule has 7 heteroatoms. The van der Waals surface area contributed by atoms with Gasteiger partial charge in [-0.2, -0.15) is 0 Å². The highest BCUT2D eigenvalue weighted by atomic mass is 79.9. The van der Waals surface area contributed by atoms with Crippen LogP contribution in [0, 0.1) is 0 Å². The Morgan fingerprint density at radius 3 is 2.36 bits per heavy atom. The van der Waals surface area contributed by atoms with Crippen molar-refractivity contribution in [3.8, 4) is 0 Å². The average Bonchev–Trinajstić information content (AvgIpc) is 2.85. The molecule has 1 atom stereocenters. The number of hydrogen-bond donors (Lipinski definition) is 2. The zero-order valence-corrected chi connectivity index (χ0v) is 17.5. The Kier molecular flexibility index (Phi) is 5.56. The van der Waals surface area contributed by atoms with E-state index in [2.05, 4.69) is 26.6 Å². The first-order chi connectivity index (χ1) is 13.2. The third-order valence-corrected chi connectivity index (χ3v) is 5.20. The van der Waals surface area contributed by atoms with E-state index >= 15 is 0 Å². The van der Waals surface area contributed by atoms with Crippen LogP contribution in [0.25, 0.3) is 0 Å². The predicted molar refractivity (Wildman–Crippen MR) is 112 cm³/mol. The number of carbonyl (C=O) groups is 3. The highest BCUT2D eigenvalue weighted by molar-refractivity contribution is 9.10. The molecule has 0 aliphatic carbocycles. The van der Waals surface area contributed by atoms with Gasteiger partial charge in [-0.25, -0.2) is 0 Å². The van der Waals surface area contributed by atoms with Crippen LogP contribution >= 0.6 is 15.9 Å². The van der Waals surface area contributed by atoms with E-state index < -0.39 is 5.54 Å². The number of carbonyl (C=O) groups excluding carboxylic acids is 3. The van der Waals surface area contributed by atoms with E-state index in [4.69, 9.17) is 0 Å². The maximum absolute atomic E-state index is 13.4. The second-order valence-electron chi connectivity index (χ2n) is 7.10. The van der Waals surface area contributed by atoms with Crippen LogP contribution < -0.4 is 15.5 Å². The lowest BCUT2D eigenvalue weighted by Gasteiger charge is -2.30. The number of para-hydroxylation sites is 1. The molecule has 146 valence electrons. The number of fused-ring (bicyclic) bond motifs is 1.